The maximum atomic E-state index is 12.0. The van der Waals surface area contributed by atoms with Crippen molar-refractivity contribution in [3.8, 4) is 0 Å². The van der Waals surface area contributed by atoms with E-state index in [1.807, 2.05) is 42.5 Å². The molecule has 3 N–H and O–H groups in total. The average Bonchev–Trinajstić information content (AvgIpc) is 2.55. The highest BCUT2D eigenvalue weighted by atomic mass is 16.1. The molecule has 0 aliphatic carbocycles. The van der Waals surface area contributed by atoms with Gasteiger partial charge in [0.25, 0.3) is 5.91 Å². The molecule has 0 saturated heterocycles. The molecule has 3 nitrogen and oxygen atoms in total. The minimum absolute atomic E-state index is 0.0289. The van der Waals surface area contributed by atoms with Crippen molar-refractivity contribution in [2.24, 2.45) is 5.73 Å². The Morgan fingerprint density at radius 2 is 1.76 bits per heavy atom. The molecule has 3 heteroatoms. The monoisotopic (exact) mass is 282 g/mol. The van der Waals surface area contributed by atoms with Crippen LogP contribution in [0.3, 0.4) is 0 Å². The highest BCUT2D eigenvalue weighted by molar-refractivity contribution is 5.94. The maximum absolute atomic E-state index is 12.0. The van der Waals surface area contributed by atoms with Gasteiger partial charge in [-0.25, -0.2) is 0 Å². The molecule has 0 bridgehead atoms. The first-order valence-corrected chi connectivity index (χ1v) is 7.33. The highest BCUT2D eigenvalue weighted by Gasteiger charge is 2.07. The van der Waals surface area contributed by atoms with Crippen molar-refractivity contribution in [2.45, 2.75) is 25.8 Å². The standard InChI is InChI=1S/C18H22N2O/c1-14(16-5-3-2-4-6-16)11-12-20-18(21)17-9-7-15(13-19)8-10-17/h2-10,14H,11-13,19H2,1H3,(H,20,21). The normalized spacial score (nSPS) is 11.9. The summed E-state index contributed by atoms with van der Waals surface area (Å²) in [7, 11) is 0. The Morgan fingerprint density at radius 3 is 2.38 bits per heavy atom. The first-order valence-electron chi connectivity index (χ1n) is 7.33. The number of rotatable bonds is 6. The zero-order valence-corrected chi connectivity index (χ0v) is 12.4. The number of carbonyl (C=O) groups is 1. The van der Waals surface area contributed by atoms with Crippen molar-refractivity contribution >= 4 is 5.91 Å². The molecule has 1 amide bonds. The van der Waals surface area contributed by atoms with Gasteiger partial charge in [-0.05, 0) is 35.6 Å². The maximum Gasteiger partial charge on any atom is 0.251 e. The minimum Gasteiger partial charge on any atom is -0.352 e. The molecule has 0 spiro atoms. The molecule has 0 saturated carbocycles. The molecular formula is C18H22N2O. The lowest BCUT2D eigenvalue weighted by Gasteiger charge is -2.12. The molecule has 1 unspecified atom stereocenters. The van der Waals surface area contributed by atoms with Crippen LogP contribution < -0.4 is 11.1 Å². The summed E-state index contributed by atoms with van der Waals surface area (Å²) in [5.74, 6) is 0.407. The van der Waals surface area contributed by atoms with Crippen molar-refractivity contribution in [1.82, 2.24) is 5.32 Å². The van der Waals surface area contributed by atoms with Crippen LogP contribution in [0.25, 0.3) is 0 Å². The van der Waals surface area contributed by atoms with Crippen LogP contribution >= 0.6 is 0 Å². The highest BCUT2D eigenvalue weighted by Crippen LogP contribution is 2.17. The molecule has 0 heterocycles. The summed E-state index contributed by atoms with van der Waals surface area (Å²) in [6, 6.07) is 17.8. The summed E-state index contributed by atoms with van der Waals surface area (Å²) in [5, 5.41) is 2.97. The second-order valence-corrected chi connectivity index (χ2v) is 5.26. The van der Waals surface area contributed by atoms with Gasteiger partial charge in [0.1, 0.15) is 0 Å². The van der Waals surface area contributed by atoms with Gasteiger partial charge in [0.15, 0.2) is 0 Å². The molecule has 110 valence electrons. The van der Waals surface area contributed by atoms with Crippen LogP contribution in [0.2, 0.25) is 0 Å². The van der Waals surface area contributed by atoms with Gasteiger partial charge >= 0.3 is 0 Å². The fraction of sp³-hybridized carbons (Fsp3) is 0.278. The van der Waals surface area contributed by atoms with E-state index in [0.29, 0.717) is 24.6 Å². The Balaban J connectivity index is 1.81. The molecule has 2 aromatic rings. The molecular weight excluding hydrogens is 260 g/mol. The smallest absolute Gasteiger partial charge is 0.251 e. The SMILES string of the molecule is CC(CCNC(=O)c1ccc(CN)cc1)c1ccccc1. The second-order valence-electron chi connectivity index (χ2n) is 5.26. The van der Waals surface area contributed by atoms with E-state index in [0.717, 1.165) is 12.0 Å². The van der Waals surface area contributed by atoms with Gasteiger partial charge in [-0.2, -0.15) is 0 Å². The number of nitrogens with two attached hydrogens (primary N) is 1. The first kappa shape index (κ1) is 15.3. The van der Waals surface area contributed by atoms with Crippen LogP contribution in [0, 0.1) is 0 Å². The summed E-state index contributed by atoms with van der Waals surface area (Å²) in [4.78, 5) is 12.0. The molecule has 0 aromatic heterocycles. The molecule has 0 aliphatic heterocycles. The summed E-state index contributed by atoms with van der Waals surface area (Å²) in [5.41, 5.74) is 8.56. The fourth-order valence-corrected chi connectivity index (χ4v) is 2.24. The molecule has 0 fully saturated rings. The minimum atomic E-state index is -0.0289. The van der Waals surface area contributed by atoms with Gasteiger partial charge in [-0.15, -0.1) is 0 Å². The lowest BCUT2D eigenvalue weighted by Crippen LogP contribution is -2.25. The Morgan fingerprint density at radius 1 is 1.10 bits per heavy atom. The van der Waals surface area contributed by atoms with Gasteiger partial charge in [0, 0.05) is 18.7 Å². The number of hydrogen-bond donors (Lipinski definition) is 2. The van der Waals surface area contributed by atoms with Gasteiger partial charge in [-0.1, -0.05) is 49.4 Å². The van der Waals surface area contributed by atoms with Crippen molar-refractivity contribution in [3.63, 3.8) is 0 Å². The number of benzene rings is 2. The summed E-state index contributed by atoms with van der Waals surface area (Å²) >= 11 is 0. The van der Waals surface area contributed by atoms with Crippen LogP contribution in [0.5, 0.6) is 0 Å². The van der Waals surface area contributed by atoms with Crippen molar-refractivity contribution in [3.05, 3.63) is 71.3 Å². The Hall–Kier alpha value is -2.13. The van der Waals surface area contributed by atoms with E-state index in [4.69, 9.17) is 5.73 Å². The van der Waals surface area contributed by atoms with Gasteiger partial charge in [-0.3, -0.25) is 4.79 Å². The quantitative estimate of drug-likeness (QED) is 0.855. The van der Waals surface area contributed by atoms with Crippen molar-refractivity contribution < 1.29 is 4.79 Å². The number of hydrogen-bond acceptors (Lipinski definition) is 2. The molecule has 21 heavy (non-hydrogen) atoms. The van der Waals surface area contributed by atoms with E-state index in [1.54, 1.807) is 0 Å². The summed E-state index contributed by atoms with van der Waals surface area (Å²) in [6.07, 6.45) is 0.927. The van der Waals surface area contributed by atoms with Crippen LogP contribution in [0.1, 0.15) is 40.7 Å². The van der Waals surface area contributed by atoms with Crippen LogP contribution in [-0.4, -0.2) is 12.5 Å². The molecule has 2 rings (SSSR count). The molecule has 0 aliphatic rings. The Kier molecular flexibility index (Phi) is 5.52. The number of carbonyl (C=O) groups excluding carboxylic acids is 1. The Labute approximate surface area is 126 Å². The van der Waals surface area contributed by atoms with E-state index in [2.05, 4.69) is 24.4 Å². The topological polar surface area (TPSA) is 55.1 Å². The van der Waals surface area contributed by atoms with E-state index >= 15 is 0 Å². The van der Waals surface area contributed by atoms with Crippen LogP contribution in [-0.2, 0) is 6.54 Å². The predicted molar refractivity (Wildman–Crippen MR) is 86.1 cm³/mol. The average molecular weight is 282 g/mol. The third kappa shape index (κ3) is 4.43. The zero-order valence-electron chi connectivity index (χ0n) is 12.4. The van der Waals surface area contributed by atoms with E-state index in [1.165, 1.54) is 5.56 Å². The van der Waals surface area contributed by atoms with Gasteiger partial charge in [0.05, 0.1) is 0 Å². The van der Waals surface area contributed by atoms with E-state index in [-0.39, 0.29) is 5.91 Å². The third-order valence-electron chi connectivity index (χ3n) is 3.68. The third-order valence-corrected chi connectivity index (χ3v) is 3.68. The first-order chi connectivity index (χ1) is 10.2. The van der Waals surface area contributed by atoms with Crippen LogP contribution in [0.4, 0.5) is 0 Å². The molecule has 1 atom stereocenters. The van der Waals surface area contributed by atoms with Gasteiger partial charge < -0.3 is 11.1 Å². The summed E-state index contributed by atoms with van der Waals surface area (Å²) in [6.45, 7) is 3.35. The van der Waals surface area contributed by atoms with Crippen molar-refractivity contribution in [1.29, 1.82) is 0 Å². The lowest BCUT2D eigenvalue weighted by molar-refractivity contribution is 0.0952. The lowest BCUT2D eigenvalue weighted by atomic mass is 9.98. The Bertz CT molecular complexity index is 564. The van der Waals surface area contributed by atoms with Gasteiger partial charge in [0.2, 0.25) is 0 Å². The van der Waals surface area contributed by atoms with E-state index < -0.39 is 0 Å². The fourth-order valence-electron chi connectivity index (χ4n) is 2.24. The molecule has 0 radical (unpaired) electrons. The summed E-state index contributed by atoms with van der Waals surface area (Å²) < 4.78 is 0. The molecule has 2 aromatic carbocycles. The van der Waals surface area contributed by atoms with E-state index in [9.17, 15) is 4.79 Å². The largest absolute Gasteiger partial charge is 0.352 e. The van der Waals surface area contributed by atoms with Crippen LogP contribution in [0.15, 0.2) is 54.6 Å². The second kappa shape index (κ2) is 7.60. The van der Waals surface area contributed by atoms with Crippen molar-refractivity contribution in [2.75, 3.05) is 6.54 Å². The predicted octanol–water partition coefficient (Wildman–Crippen LogP) is 3.07. The zero-order chi connectivity index (χ0) is 15.1. The number of amides is 1. The number of nitrogens with one attached hydrogen (secondary N) is 1.